The molecule has 122 valence electrons. The molecule has 0 unspecified atom stereocenters. The Kier molecular flexibility index (Phi) is 4.44. The van der Waals surface area contributed by atoms with Crippen molar-refractivity contribution >= 4 is 28.4 Å². The quantitative estimate of drug-likeness (QED) is 0.470. The van der Waals surface area contributed by atoms with Crippen molar-refractivity contribution in [1.29, 1.82) is 0 Å². The molecule has 3 heterocycles. The maximum Gasteiger partial charge on any atom is 0.194 e. The van der Waals surface area contributed by atoms with Gasteiger partial charge in [-0.25, -0.2) is 14.6 Å². The molecule has 0 N–H and O–H groups in total. The number of nitrogens with zero attached hydrogens (tertiary/aromatic N) is 5. The second-order valence-corrected chi connectivity index (χ2v) is 6.43. The number of halogens is 1. The molecule has 2 aromatic heterocycles. The summed E-state index contributed by atoms with van der Waals surface area (Å²) in [6, 6.07) is 14.1. The van der Waals surface area contributed by atoms with E-state index >= 15 is 0 Å². The number of rotatable bonds is 3. The lowest BCUT2D eigenvalue weighted by Gasteiger charge is -2.27. The molecule has 0 amide bonds. The van der Waals surface area contributed by atoms with Crippen LogP contribution in [0.15, 0.2) is 48.7 Å². The molecule has 0 aliphatic carbocycles. The molecule has 1 saturated heterocycles. The molecule has 0 radical (unpaired) electrons. The van der Waals surface area contributed by atoms with E-state index in [1.165, 1.54) is 0 Å². The highest BCUT2D eigenvalue weighted by molar-refractivity contribution is 14.1. The lowest BCUT2D eigenvalue weighted by molar-refractivity contribution is 0.122. The van der Waals surface area contributed by atoms with Gasteiger partial charge in [0.05, 0.1) is 18.9 Å². The van der Waals surface area contributed by atoms with Gasteiger partial charge in [0.2, 0.25) is 0 Å². The molecule has 4 rings (SSSR count). The van der Waals surface area contributed by atoms with Gasteiger partial charge in [0.25, 0.3) is 0 Å². The number of morpholine rings is 1. The van der Waals surface area contributed by atoms with Crippen molar-refractivity contribution in [2.75, 3.05) is 31.2 Å². The van der Waals surface area contributed by atoms with E-state index in [0.717, 1.165) is 49.2 Å². The van der Waals surface area contributed by atoms with E-state index in [9.17, 15) is 0 Å². The van der Waals surface area contributed by atoms with E-state index < -0.39 is 0 Å². The minimum Gasteiger partial charge on any atom is -0.378 e. The fraction of sp³-hybridized carbons (Fsp3) is 0.235. The first-order chi connectivity index (χ1) is 11.8. The molecule has 0 saturated carbocycles. The number of ether oxygens (including phenoxy) is 1. The summed E-state index contributed by atoms with van der Waals surface area (Å²) in [5.74, 6) is 1.70. The molecular weight excluding hydrogens is 417 g/mol. The van der Waals surface area contributed by atoms with Crippen LogP contribution in [0, 0.1) is 3.83 Å². The maximum atomic E-state index is 5.41. The highest BCUT2D eigenvalue weighted by Crippen LogP contribution is 2.20. The Bertz CT molecular complexity index is 830. The van der Waals surface area contributed by atoms with Crippen molar-refractivity contribution in [3.8, 4) is 17.1 Å². The monoisotopic (exact) mass is 433 g/mol. The molecule has 1 aliphatic heterocycles. The third kappa shape index (κ3) is 3.27. The Morgan fingerprint density at radius 1 is 0.958 bits per heavy atom. The Labute approximate surface area is 153 Å². The van der Waals surface area contributed by atoms with Gasteiger partial charge >= 0.3 is 0 Å². The van der Waals surface area contributed by atoms with Gasteiger partial charge in [-0.15, -0.1) is 0 Å². The molecule has 0 atom stereocenters. The number of hydrogen-bond acceptors (Lipinski definition) is 5. The number of hydrogen-bond donors (Lipinski definition) is 0. The zero-order chi connectivity index (χ0) is 16.4. The van der Waals surface area contributed by atoms with Gasteiger partial charge in [-0.05, 0) is 6.07 Å². The molecule has 3 aromatic rings. The highest BCUT2D eigenvalue weighted by atomic mass is 127. The molecule has 24 heavy (non-hydrogen) atoms. The highest BCUT2D eigenvalue weighted by Gasteiger charge is 2.15. The molecule has 1 fully saturated rings. The van der Waals surface area contributed by atoms with Crippen LogP contribution in [0.1, 0.15) is 0 Å². The van der Waals surface area contributed by atoms with Crippen molar-refractivity contribution in [1.82, 2.24) is 19.7 Å². The van der Waals surface area contributed by atoms with E-state index in [2.05, 4.69) is 54.7 Å². The van der Waals surface area contributed by atoms with Crippen LogP contribution in [0.4, 0.5) is 5.82 Å². The van der Waals surface area contributed by atoms with Gasteiger partial charge in [-0.3, -0.25) is 0 Å². The van der Waals surface area contributed by atoms with Crippen molar-refractivity contribution in [3.05, 3.63) is 52.5 Å². The molecule has 1 aliphatic rings. The van der Waals surface area contributed by atoms with Crippen LogP contribution in [0.3, 0.4) is 0 Å². The van der Waals surface area contributed by atoms with Crippen LogP contribution in [-0.2, 0) is 4.74 Å². The summed E-state index contributed by atoms with van der Waals surface area (Å²) >= 11 is 2.15. The van der Waals surface area contributed by atoms with E-state index in [0.29, 0.717) is 3.83 Å². The average molecular weight is 433 g/mol. The SMILES string of the molecule is Ic1nc(N2CCOCC2)cc(-n2ccc(-c3ccccc3)n2)n1. The van der Waals surface area contributed by atoms with Crippen LogP contribution in [0.2, 0.25) is 0 Å². The predicted octanol–water partition coefficient (Wildman–Crippen LogP) is 2.77. The minimum atomic E-state index is 0.711. The number of anilines is 1. The lowest BCUT2D eigenvalue weighted by atomic mass is 10.2. The van der Waals surface area contributed by atoms with Crippen molar-refractivity contribution < 1.29 is 4.74 Å². The summed E-state index contributed by atoms with van der Waals surface area (Å²) in [5.41, 5.74) is 2.02. The van der Waals surface area contributed by atoms with Gasteiger partial charge in [-0.1, -0.05) is 30.3 Å². The Morgan fingerprint density at radius 2 is 1.71 bits per heavy atom. The smallest absolute Gasteiger partial charge is 0.194 e. The van der Waals surface area contributed by atoms with Crippen LogP contribution in [0.5, 0.6) is 0 Å². The van der Waals surface area contributed by atoms with Crippen molar-refractivity contribution in [2.24, 2.45) is 0 Å². The Balaban J connectivity index is 1.67. The fourth-order valence-electron chi connectivity index (χ4n) is 2.68. The van der Waals surface area contributed by atoms with Gasteiger partial charge in [-0.2, -0.15) is 5.10 Å². The van der Waals surface area contributed by atoms with E-state index in [-0.39, 0.29) is 0 Å². The first kappa shape index (κ1) is 15.5. The van der Waals surface area contributed by atoms with Crippen LogP contribution >= 0.6 is 22.6 Å². The standard InChI is InChI=1S/C17H16IN5O/c18-17-19-15(22-8-10-24-11-9-22)12-16(20-17)23-7-6-14(21-23)13-4-2-1-3-5-13/h1-7,12H,8-11H2. The van der Waals surface area contributed by atoms with Crippen LogP contribution in [0.25, 0.3) is 17.1 Å². The summed E-state index contributed by atoms with van der Waals surface area (Å²) in [4.78, 5) is 11.3. The third-order valence-corrected chi connectivity index (χ3v) is 4.38. The van der Waals surface area contributed by atoms with Crippen LogP contribution in [-0.4, -0.2) is 46.1 Å². The largest absolute Gasteiger partial charge is 0.378 e. The summed E-state index contributed by atoms with van der Waals surface area (Å²) in [6.45, 7) is 3.16. The van der Waals surface area contributed by atoms with Gasteiger partial charge < -0.3 is 9.64 Å². The van der Waals surface area contributed by atoms with E-state index in [1.54, 1.807) is 4.68 Å². The predicted molar refractivity (Wildman–Crippen MR) is 100 cm³/mol. The molecule has 0 bridgehead atoms. The zero-order valence-corrected chi connectivity index (χ0v) is 15.1. The van der Waals surface area contributed by atoms with Gasteiger partial charge in [0, 0.05) is 53.5 Å². The van der Waals surface area contributed by atoms with E-state index in [4.69, 9.17) is 4.74 Å². The summed E-state index contributed by atoms with van der Waals surface area (Å²) in [5, 5.41) is 4.66. The minimum absolute atomic E-state index is 0.711. The second kappa shape index (κ2) is 6.86. The first-order valence-electron chi connectivity index (χ1n) is 7.78. The zero-order valence-electron chi connectivity index (χ0n) is 13.0. The number of aromatic nitrogens is 4. The molecule has 7 heteroatoms. The molecular formula is C17H16IN5O. The third-order valence-electron chi connectivity index (χ3n) is 3.90. The molecule has 1 aromatic carbocycles. The molecule has 6 nitrogen and oxygen atoms in total. The fourth-order valence-corrected chi connectivity index (χ4v) is 3.17. The van der Waals surface area contributed by atoms with Gasteiger partial charge in [0.1, 0.15) is 5.82 Å². The van der Waals surface area contributed by atoms with Crippen molar-refractivity contribution in [3.63, 3.8) is 0 Å². The lowest BCUT2D eigenvalue weighted by Crippen LogP contribution is -2.37. The average Bonchev–Trinajstić information content (AvgIpc) is 3.13. The second-order valence-electron chi connectivity index (χ2n) is 5.46. The Morgan fingerprint density at radius 3 is 2.50 bits per heavy atom. The topological polar surface area (TPSA) is 56.1 Å². The summed E-state index contributed by atoms with van der Waals surface area (Å²) in [7, 11) is 0. The normalized spacial score (nSPS) is 14.8. The maximum absolute atomic E-state index is 5.41. The first-order valence-corrected chi connectivity index (χ1v) is 8.86. The van der Waals surface area contributed by atoms with Crippen LogP contribution < -0.4 is 4.90 Å². The molecule has 0 spiro atoms. The number of benzene rings is 1. The van der Waals surface area contributed by atoms with E-state index in [1.807, 2.05) is 36.5 Å². The summed E-state index contributed by atoms with van der Waals surface area (Å²) < 4.78 is 7.93. The summed E-state index contributed by atoms with van der Waals surface area (Å²) in [6.07, 6.45) is 1.93. The van der Waals surface area contributed by atoms with Crippen molar-refractivity contribution in [2.45, 2.75) is 0 Å². The van der Waals surface area contributed by atoms with Gasteiger partial charge in [0.15, 0.2) is 9.65 Å². The Hall–Kier alpha value is -2.00.